The van der Waals surface area contributed by atoms with E-state index >= 15 is 0 Å². The molecule has 4 rings (SSSR count). The molecule has 1 aliphatic rings. The monoisotopic (exact) mass is 425 g/mol. The molecule has 3 aromatic rings. The van der Waals surface area contributed by atoms with Crippen LogP contribution in [0.15, 0.2) is 79.0 Å². The van der Waals surface area contributed by atoms with Crippen LogP contribution in [0.2, 0.25) is 0 Å². The van der Waals surface area contributed by atoms with Crippen molar-refractivity contribution in [2.45, 2.75) is 17.8 Å². The van der Waals surface area contributed by atoms with Crippen molar-refractivity contribution in [1.29, 1.82) is 0 Å². The van der Waals surface area contributed by atoms with Crippen molar-refractivity contribution in [2.24, 2.45) is 0 Å². The van der Waals surface area contributed by atoms with Crippen LogP contribution in [0, 0.1) is 0 Å². The Labute approximate surface area is 176 Å². The number of hydroxylamine groups is 2. The molecule has 1 aliphatic heterocycles. The number of hydrogen-bond acceptors (Lipinski definition) is 6. The van der Waals surface area contributed by atoms with E-state index in [4.69, 9.17) is 9.57 Å². The fourth-order valence-corrected chi connectivity index (χ4v) is 4.92. The van der Waals surface area contributed by atoms with Gasteiger partial charge in [-0.3, -0.25) is 9.82 Å². The first kappa shape index (κ1) is 20.5. The van der Waals surface area contributed by atoms with E-state index in [1.807, 2.05) is 60.7 Å². The van der Waals surface area contributed by atoms with Crippen LogP contribution in [0.4, 0.5) is 0 Å². The van der Waals surface area contributed by atoms with Crippen LogP contribution >= 0.6 is 0 Å². The summed E-state index contributed by atoms with van der Waals surface area (Å²) in [6, 6.07) is 21.8. The summed E-state index contributed by atoms with van der Waals surface area (Å²) in [5.74, 6) is 1.35. The smallest absolute Gasteiger partial charge is 0.219 e. The predicted octanol–water partition coefficient (Wildman–Crippen LogP) is 3.28. The Morgan fingerprint density at radius 3 is 2.60 bits per heavy atom. The molecule has 0 aliphatic carbocycles. The highest BCUT2D eigenvalue weighted by Gasteiger charge is 2.43. The molecule has 1 fully saturated rings. The summed E-state index contributed by atoms with van der Waals surface area (Å²) >= 11 is 0. The SMILES string of the molecule is CN1OCC(S(=O)(=O)NCc2ccccn2)C1c1cccc(Oc2ccccc2)c1. The molecule has 8 heteroatoms. The van der Waals surface area contributed by atoms with Gasteiger partial charge in [-0.25, -0.2) is 13.1 Å². The normalized spacial score (nSPS) is 19.6. The van der Waals surface area contributed by atoms with E-state index < -0.39 is 21.3 Å². The highest BCUT2D eigenvalue weighted by Crippen LogP contribution is 2.35. The van der Waals surface area contributed by atoms with Gasteiger partial charge in [0.1, 0.15) is 16.7 Å². The average molecular weight is 426 g/mol. The van der Waals surface area contributed by atoms with Crippen molar-refractivity contribution in [3.05, 3.63) is 90.3 Å². The van der Waals surface area contributed by atoms with E-state index in [-0.39, 0.29) is 13.2 Å². The van der Waals surface area contributed by atoms with Gasteiger partial charge in [0.15, 0.2) is 0 Å². The summed E-state index contributed by atoms with van der Waals surface area (Å²) in [5, 5.41) is 0.824. The molecular formula is C22H23N3O4S. The Kier molecular flexibility index (Phi) is 6.10. The molecule has 1 saturated heterocycles. The first-order valence-electron chi connectivity index (χ1n) is 9.60. The quantitative estimate of drug-likeness (QED) is 0.626. The second-order valence-corrected chi connectivity index (χ2v) is 8.98. The van der Waals surface area contributed by atoms with Crippen LogP contribution in [0.1, 0.15) is 17.3 Å². The molecule has 30 heavy (non-hydrogen) atoms. The second-order valence-electron chi connectivity index (χ2n) is 7.00. The maximum atomic E-state index is 13.0. The molecule has 156 valence electrons. The molecule has 2 atom stereocenters. The van der Waals surface area contributed by atoms with E-state index in [1.165, 1.54) is 0 Å². The zero-order chi connectivity index (χ0) is 21.0. The van der Waals surface area contributed by atoms with Crippen LogP contribution in [0.5, 0.6) is 11.5 Å². The van der Waals surface area contributed by atoms with E-state index in [2.05, 4.69) is 9.71 Å². The Bertz CT molecular complexity index is 1080. The number of nitrogens with zero attached hydrogens (tertiary/aromatic N) is 2. The molecule has 7 nitrogen and oxygen atoms in total. The van der Waals surface area contributed by atoms with Crippen molar-refractivity contribution in [3.63, 3.8) is 0 Å². The first-order valence-corrected chi connectivity index (χ1v) is 11.1. The molecule has 0 bridgehead atoms. The fraction of sp³-hybridized carbons (Fsp3) is 0.227. The van der Waals surface area contributed by atoms with Crippen molar-refractivity contribution < 1.29 is 18.0 Å². The topological polar surface area (TPSA) is 80.8 Å². The minimum atomic E-state index is -3.66. The minimum Gasteiger partial charge on any atom is -0.457 e. The van der Waals surface area contributed by atoms with Gasteiger partial charge >= 0.3 is 0 Å². The van der Waals surface area contributed by atoms with E-state index in [0.717, 1.165) is 5.56 Å². The number of hydrogen-bond donors (Lipinski definition) is 1. The standard InChI is InChI=1S/C22H23N3O4S/c1-25-22(17-8-7-12-20(14-17)29-19-10-3-2-4-11-19)21(16-28-25)30(26,27)24-15-18-9-5-6-13-23-18/h2-14,21-22,24H,15-16H2,1H3. The number of nitrogens with one attached hydrogen (secondary N) is 1. The van der Waals surface area contributed by atoms with Crippen molar-refractivity contribution in [2.75, 3.05) is 13.7 Å². The Morgan fingerprint density at radius 2 is 1.83 bits per heavy atom. The summed E-state index contributed by atoms with van der Waals surface area (Å²) in [6.07, 6.45) is 1.64. The molecule has 1 aromatic heterocycles. The third-order valence-electron chi connectivity index (χ3n) is 4.94. The lowest BCUT2D eigenvalue weighted by atomic mass is 10.0. The number of aromatic nitrogens is 1. The number of sulfonamides is 1. The molecule has 1 N–H and O–H groups in total. The first-order chi connectivity index (χ1) is 14.5. The zero-order valence-corrected chi connectivity index (χ0v) is 17.3. The molecule has 2 heterocycles. The maximum absolute atomic E-state index is 13.0. The van der Waals surface area contributed by atoms with Gasteiger partial charge in [-0.2, -0.15) is 5.06 Å². The number of pyridine rings is 1. The van der Waals surface area contributed by atoms with Crippen molar-refractivity contribution >= 4 is 10.0 Å². The fourth-order valence-electron chi connectivity index (χ4n) is 3.45. The second kappa shape index (κ2) is 8.93. The molecule has 2 unspecified atom stereocenters. The van der Waals surface area contributed by atoms with Crippen LogP contribution in [0.3, 0.4) is 0 Å². The van der Waals surface area contributed by atoms with Gasteiger partial charge < -0.3 is 4.74 Å². The molecule has 0 amide bonds. The summed E-state index contributed by atoms with van der Waals surface area (Å²) in [4.78, 5) is 9.75. The summed E-state index contributed by atoms with van der Waals surface area (Å²) < 4.78 is 34.6. The molecule has 2 aromatic carbocycles. The van der Waals surface area contributed by atoms with Crippen LogP contribution in [-0.2, 0) is 21.4 Å². The van der Waals surface area contributed by atoms with Gasteiger partial charge in [-0.05, 0) is 42.0 Å². The summed E-state index contributed by atoms with van der Waals surface area (Å²) in [5.41, 5.74) is 1.46. The van der Waals surface area contributed by atoms with Crippen molar-refractivity contribution in [3.8, 4) is 11.5 Å². The lowest BCUT2D eigenvalue weighted by molar-refractivity contribution is -0.110. The number of benzene rings is 2. The van der Waals surface area contributed by atoms with Gasteiger partial charge in [0.2, 0.25) is 10.0 Å². The van der Waals surface area contributed by atoms with E-state index in [1.54, 1.807) is 30.4 Å². The Hall–Kier alpha value is -2.78. The third kappa shape index (κ3) is 4.68. The summed E-state index contributed by atoms with van der Waals surface area (Å²) in [7, 11) is -1.92. The van der Waals surface area contributed by atoms with Gasteiger partial charge in [0.25, 0.3) is 0 Å². The van der Waals surface area contributed by atoms with Gasteiger partial charge in [0, 0.05) is 13.2 Å². The number of para-hydroxylation sites is 1. The molecule has 0 spiro atoms. The highest BCUT2D eigenvalue weighted by molar-refractivity contribution is 7.90. The lowest BCUT2D eigenvalue weighted by Gasteiger charge is -2.23. The zero-order valence-electron chi connectivity index (χ0n) is 16.5. The largest absolute Gasteiger partial charge is 0.457 e. The highest BCUT2D eigenvalue weighted by atomic mass is 32.2. The molecule has 0 radical (unpaired) electrons. The van der Waals surface area contributed by atoms with E-state index in [9.17, 15) is 8.42 Å². The number of rotatable bonds is 7. The minimum absolute atomic E-state index is 0.0719. The van der Waals surface area contributed by atoms with Crippen molar-refractivity contribution in [1.82, 2.24) is 14.8 Å². The molecule has 0 saturated carbocycles. The average Bonchev–Trinajstić information content (AvgIpc) is 3.16. The molecular weight excluding hydrogens is 402 g/mol. The summed E-state index contributed by atoms with van der Waals surface area (Å²) in [6.45, 7) is 0.204. The van der Waals surface area contributed by atoms with E-state index in [0.29, 0.717) is 17.2 Å². The van der Waals surface area contributed by atoms with Crippen LogP contribution < -0.4 is 9.46 Å². The third-order valence-corrected chi connectivity index (χ3v) is 6.68. The Balaban J connectivity index is 1.54. The number of ether oxygens (including phenoxy) is 1. The lowest BCUT2D eigenvalue weighted by Crippen LogP contribution is -2.39. The van der Waals surface area contributed by atoms with Gasteiger partial charge in [0.05, 0.1) is 24.9 Å². The Morgan fingerprint density at radius 1 is 1.07 bits per heavy atom. The van der Waals surface area contributed by atoms with Crippen LogP contribution in [-0.4, -0.2) is 37.4 Å². The predicted molar refractivity (Wildman–Crippen MR) is 113 cm³/mol. The van der Waals surface area contributed by atoms with Gasteiger partial charge in [-0.15, -0.1) is 0 Å². The van der Waals surface area contributed by atoms with Crippen LogP contribution in [0.25, 0.3) is 0 Å². The van der Waals surface area contributed by atoms with Gasteiger partial charge in [-0.1, -0.05) is 36.4 Å². The maximum Gasteiger partial charge on any atom is 0.219 e.